The number of anilines is 1. The highest BCUT2D eigenvalue weighted by Gasteiger charge is 2.06. The van der Waals surface area contributed by atoms with Crippen LogP contribution in [0.25, 0.3) is 0 Å². The molecule has 2 aromatic rings. The zero-order valence-corrected chi connectivity index (χ0v) is 13.0. The zero-order chi connectivity index (χ0) is 15.6. The van der Waals surface area contributed by atoms with Crippen LogP contribution in [0.1, 0.15) is 11.1 Å². The Bertz CT molecular complexity index is 794. The van der Waals surface area contributed by atoms with Crippen molar-refractivity contribution in [3.8, 4) is 0 Å². The highest BCUT2D eigenvalue weighted by Crippen LogP contribution is 2.26. The second-order valence-corrected chi connectivity index (χ2v) is 6.98. The summed E-state index contributed by atoms with van der Waals surface area (Å²) in [5.41, 5.74) is 9.77. The molecule has 0 aliphatic heterocycles. The standard InChI is InChI=1S/C15H17N3O2S/c1-10-9-15(11(2)8-14(10)16)18-17-12-4-6-13(7-5-12)21(3,19)20/h4-9H,16H2,1-3H3/b18-17+. The van der Waals surface area contributed by atoms with Gasteiger partial charge in [-0.15, -0.1) is 0 Å². The molecule has 0 aromatic heterocycles. The number of hydrogen-bond donors (Lipinski definition) is 1. The topological polar surface area (TPSA) is 84.9 Å². The van der Waals surface area contributed by atoms with Crippen LogP contribution >= 0.6 is 0 Å². The van der Waals surface area contributed by atoms with Crippen molar-refractivity contribution in [2.45, 2.75) is 18.7 Å². The van der Waals surface area contributed by atoms with Crippen molar-refractivity contribution in [1.29, 1.82) is 0 Å². The summed E-state index contributed by atoms with van der Waals surface area (Å²) in [5.74, 6) is 0. The van der Waals surface area contributed by atoms with E-state index in [1.54, 1.807) is 12.1 Å². The molecule has 2 aromatic carbocycles. The van der Waals surface area contributed by atoms with Gasteiger partial charge in [0.1, 0.15) is 0 Å². The van der Waals surface area contributed by atoms with Gasteiger partial charge in [0.2, 0.25) is 0 Å². The van der Waals surface area contributed by atoms with E-state index < -0.39 is 9.84 Å². The first kappa shape index (κ1) is 15.2. The zero-order valence-electron chi connectivity index (χ0n) is 12.2. The SMILES string of the molecule is Cc1cc(/N=N/c2ccc(S(C)(=O)=O)cc2)c(C)cc1N. The lowest BCUT2D eigenvalue weighted by Gasteiger charge is -2.04. The Morgan fingerprint density at radius 3 is 2.14 bits per heavy atom. The Labute approximate surface area is 124 Å². The average Bonchev–Trinajstić information content (AvgIpc) is 2.41. The lowest BCUT2D eigenvalue weighted by atomic mass is 10.1. The van der Waals surface area contributed by atoms with E-state index >= 15 is 0 Å². The first-order valence-electron chi connectivity index (χ1n) is 6.36. The summed E-state index contributed by atoms with van der Waals surface area (Å²) in [5, 5.41) is 8.31. The summed E-state index contributed by atoms with van der Waals surface area (Å²) in [4.78, 5) is 0.265. The first-order chi connectivity index (χ1) is 9.77. The summed E-state index contributed by atoms with van der Waals surface area (Å²) in [7, 11) is -3.19. The summed E-state index contributed by atoms with van der Waals surface area (Å²) in [6.07, 6.45) is 1.17. The van der Waals surface area contributed by atoms with Gasteiger partial charge in [-0.25, -0.2) is 8.42 Å². The molecular weight excluding hydrogens is 286 g/mol. The van der Waals surface area contributed by atoms with Gasteiger partial charge in [0.25, 0.3) is 0 Å². The molecule has 0 amide bonds. The Morgan fingerprint density at radius 2 is 1.57 bits per heavy atom. The Hall–Kier alpha value is -2.21. The number of aryl methyl sites for hydroxylation is 2. The van der Waals surface area contributed by atoms with Gasteiger partial charge in [0.15, 0.2) is 9.84 Å². The molecule has 6 heteroatoms. The molecule has 2 rings (SSSR count). The van der Waals surface area contributed by atoms with E-state index in [4.69, 9.17) is 5.73 Å². The predicted molar refractivity (Wildman–Crippen MR) is 84.1 cm³/mol. The van der Waals surface area contributed by atoms with Crippen molar-refractivity contribution in [2.75, 3.05) is 12.0 Å². The summed E-state index contributed by atoms with van der Waals surface area (Å²) >= 11 is 0. The number of azo groups is 1. The van der Waals surface area contributed by atoms with Crippen molar-refractivity contribution in [3.05, 3.63) is 47.5 Å². The van der Waals surface area contributed by atoms with E-state index in [0.717, 1.165) is 22.5 Å². The Balaban J connectivity index is 2.28. The lowest BCUT2D eigenvalue weighted by Crippen LogP contribution is -1.95. The van der Waals surface area contributed by atoms with Crippen molar-refractivity contribution in [2.24, 2.45) is 10.2 Å². The molecule has 5 nitrogen and oxygen atoms in total. The summed E-state index contributed by atoms with van der Waals surface area (Å²) < 4.78 is 22.7. The number of nitrogens with two attached hydrogens (primary N) is 1. The van der Waals surface area contributed by atoms with Gasteiger partial charge in [-0.3, -0.25) is 0 Å². The number of sulfone groups is 1. The smallest absolute Gasteiger partial charge is 0.175 e. The maximum absolute atomic E-state index is 11.4. The molecule has 0 saturated carbocycles. The second kappa shape index (κ2) is 5.65. The lowest BCUT2D eigenvalue weighted by molar-refractivity contribution is 0.602. The third-order valence-electron chi connectivity index (χ3n) is 3.12. The van der Waals surface area contributed by atoms with Crippen molar-refractivity contribution in [3.63, 3.8) is 0 Å². The maximum Gasteiger partial charge on any atom is 0.175 e. The Kier molecular flexibility index (Phi) is 4.09. The molecule has 21 heavy (non-hydrogen) atoms. The van der Waals surface area contributed by atoms with Crippen LogP contribution < -0.4 is 5.73 Å². The van der Waals surface area contributed by atoms with Crippen LogP contribution in [0.5, 0.6) is 0 Å². The molecule has 0 atom stereocenters. The van der Waals surface area contributed by atoms with Crippen LogP contribution in [-0.2, 0) is 9.84 Å². The van der Waals surface area contributed by atoms with Gasteiger partial charge in [-0.05, 0) is 61.4 Å². The van der Waals surface area contributed by atoms with Crippen molar-refractivity contribution < 1.29 is 8.42 Å². The summed E-state index contributed by atoms with van der Waals surface area (Å²) in [6, 6.07) is 10.0. The molecule has 0 radical (unpaired) electrons. The number of benzene rings is 2. The largest absolute Gasteiger partial charge is 0.399 e. The van der Waals surface area contributed by atoms with E-state index in [-0.39, 0.29) is 4.90 Å². The van der Waals surface area contributed by atoms with E-state index in [1.165, 1.54) is 18.4 Å². The number of hydrogen-bond acceptors (Lipinski definition) is 5. The van der Waals surface area contributed by atoms with E-state index in [2.05, 4.69) is 10.2 Å². The predicted octanol–water partition coefficient (Wildman–Crippen LogP) is 3.70. The van der Waals surface area contributed by atoms with Gasteiger partial charge in [0, 0.05) is 11.9 Å². The fraction of sp³-hybridized carbons (Fsp3) is 0.200. The molecule has 0 aliphatic rings. The minimum absolute atomic E-state index is 0.265. The van der Waals surface area contributed by atoms with Crippen LogP contribution in [0.15, 0.2) is 51.5 Å². The highest BCUT2D eigenvalue weighted by molar-refractivity contribution is 7.90. The van der Waals surface area contributed by atoms with Crippen molar-refractivity contribution in [1.82, 2.24) is 0 Å². The van der Waals surface area contributed by atoms with Gasteiger partial charge in [-0.1, -0.05) is 0 Å². The van der Waals surface area contributed by atoms with Crippen LogP contribution in [0.2, 0.25) is 0 Å². The van der Waals surface area contributed by atoms with Crippen LogP contribution in [0, 0.1) is 13.8 Å². The van der Waals surface area contributed by atoms with Gasteiger partial charge >= 0.3 is 0 Å². The fourth-order valence-corrected chi connectivity index (χ4v) is 2.43. The van der Waals surface area contributed by atoms with Gasteiger partial charge in [0.05, 0.1) is 16.3 Å². The molecule has 110 valence electrons. The molecule has 0 spiro atoms. The molecule has 0 aliphatic carbocycles. The molecular formula is C15H17N3O2S. The van der Waals surface area contributed by atoms with Gasteiger partial charge < -0.3 is 5.73 Å². The number of rotatable bonds is 3. The third kappa shape index (κ3) is 3.66. The minimum Gasteiger partial charge on any atom is -0.399 e. The van der Waals surface area contributed by atoms with E-state index in [9.17, 15) is 8.42 Å². The molecule has 0 saturated heterocycles. The van der Waals surface area contributed by atoms with Gasteiger partial charge in [-0.2, -0.15) is 10.2 Å². The fourth-order valence-electron chi connectivity index (χ4n) is 1.80. The normalized spacial score (nSPS) is 12.0. The third-order valence-corrected chi connectivity index (χ3v) is 4.25. The van der Waals surface area contributed by atoms with E-state index in [1.807, 2.05) is 26.0 Å². The first-order valence-corrected chi connectivity index (χ1v) is 8.25. The van der Waals surface area contributed by atoms with Crippen LogP contribution in [0.4, 0.5) is 17.1 Å². The number of nitrogens with zero attached hydrogens (tertiary/aromatic N) is 2. The monoisotopic (exact) mass is 303 g/mol. The average molecular weight is 303 g/mol. The maximum atomic E-state index is 11.4. The van der Waals surface area contributed by atoms with Crippen molar-refractivity contribution >= 4 is 26.9 Å². The quantitative estimate of drug-likeness (QED) is 0.693. The number of nitrogen functional groups attached to an aromatic ring is 1. The second-order valence-electron chi connectivity index (χ2n) is 4.96. The highest BCUT2D eigenvalue weighted by atomic mass is 32.2. The van der Waals surface area contributed by atoms with E-state index in [0.29, 0.717) is 5.69 Å². The molecule has 0 fully saturated rings. The molecule has 0 bridgehead atoms. The molecule has 0 unspecified atom stereocenters. The molecule has 2 N–H and O–H groups in total. The minimum atomic E-state index is -3.19. The Morgan fingerprint density at radius 1 is 0.952 bits per heavy atom. The van der Waals surface area contributed by atoms with Crippen LogP contribution in [-0.4, -0.2) is 14.7 Å². The van der Waals surface area contributed by atoms with Crippen LogP contribution in [0.3, 0.4) is 0 Å². The summed E-state index contributed by atoms with van der Waals surface area (Å²) in [6.45, 7) is 3.83. The molecule has 0 heterocycles.